The van der Waals surface area contributed by atoms with Gasteiger partial charge in [0, 0.05) is 22.7 Å². The second kappa shape index (κ2) is 6.08. The van der Waals surface area contributed by atoms with Gasteiger partial charge in [0.25, 0.3) is 0 Å². The molecule has 0 aliphatic rings. The number of hydrogen-bond donors (Lipinski definition) is 2. The SMILES string of the molecule is CC(C)Nc1cc(-c2ccc(Cl)cc2)nn1CCO. The van der Waals surface area contributed by atoms with Gasteiger partial charge in [0.2, 0.25) is 0 Å². The van der Waals surface area contributed by atoms with E-state index in [1.807, 2.05) is 30.3 Å². The fourth-order valence-electron chi connectivity index (χ4n) is 1.86. The fourth-order valence-corrected chi connectivity index (χ4v) is 1.98. The van der Waals surface area contributed by atoms with E-state index in [-0.39, 0.29) is 6.61 Å². The molecule has 0 fully saturated rings. The first-order valence-corrected chi connectivity index (χ1v) is 6.69. The highest BCUT2D eigenvalue weighted by Crippen LogP contribution is 2.23. The van der Waals surface area contributed by atoms with Gasteiger partial charge in [-0.25, -0.2) is 4.68 Å². The van der Waals surface area contributed by atoms with Crippen LogP contribution in [-0.2, 0) is 6.54 Å². The molecule has 102 valence electrons. The average molecular weight is 280 g/mol. The number of rotatable bonds is 5. The zero-order valence-corrected chi connectivity index (χ0v) is 11.9. The van der Waals surface area contributed by atoms with Gasteiger partial charge in [-0.1, -0.05) is 23.7 Å². The van der Waals surface area contributed by atoms with Gasteiger partial charge in [0.05, 0.1) is 18.8 Å². The summed E-state index contributed by atoms with van der Waals surface area (Å²) in [6.45, 7) is 4.67. The van der Waals surface area contributed by atoms with Crippen molar-refractivity contribution in [3.05, 3.63) is 35.4 Å². The van der Waals surface area contributed by atoms with Crippen molar-refractivity contribution in [2.75, 3.05) is 11.9 Å². The Morgan fingerprint density at radius 3 is 2.58 bits per heavy atom. The second-order valence-corrected chi connectivity index (χ2v) is 5.10. The van der Waals surface area contributed by atoms with Crippen LogP contribution in [0.3, 0.4) is 0 Å². The molecule has 0 atom stereocenters. The van der Waals surface area contributed by atoms with Crippen LogP contribution in [0.5, 0.6) is 0 Å². The van der Waals surface area contributed by atoms with Crippen LogP contribution >= 0.6 is 11.6 Å². The molecule has 2 rings (SSSR count). The number of benzene rings is 1. The highest BCUT2D eigenvalue weighted by atomic mass is 35.5. The van der Waals surface area contributed by atoms with Crippen molar-refractivity contribution in [1.29, 1.82) is 0 Å². The Balaban J connectivity index is 2.33. The van der Waals surface area contributed by atoms with Gasteiger partial charge in [-0.05, 0) is 26.0 Å². The number of hydrogen-bond acceptors (Lipinski definition) is 3. The summed E-state index contributed by atoms with van der Waals surface area (Å²) < 4.78 is 1.78. The standard InChI is InChI=1S/C14H18ClN3O/c1-10(2)16-14-9-13(17-18(14)7-8-19)11-3-5-12(15)6-4-11/h3-6,9-10,16,19H,7-8H2,1-2H3. The Bertz CT molecular complexity index is 534. The summed E-state index contributed by atoms with van der Waals surface area (Å²) in [4.78, 5) is 0. The Labute approximate surface area is 118 Å². The molecule has 1 heterocycles. The maximum absolute atomic E-state index is 9.09. The van der Waals surface area contributed by atoms with Crippen LogP contribution in [0.4, 0.5) is 5.82 Å². The number of aliphatic hydroxyl groups is 1. The quantitative estimate of drug-likeness (QED) is 0.884. The minimum atomic E-state index is 0.0640. The van der Waals surface area contributed by atoms with Gasteiger partial charge in [-0.2, -0.15) is 5.10 Å². The molecule has 0 amide bonds. The molecule has 2 N–H and O–H groups in total. The molecule has 0 bridgehead atoms. The Morgan fingerprint density at radius 2 is 2.00 bits per heavy atom. The van der Waals surface area contributed by atoms with Crippen molar-refractivity contribution in [3.63, 3.8) is 0 Å². The molecular weight excluding hydrogens is 262 g/mol. The van der Waals surface area contributed by atoms with Crippen molar-refractivity contribution >= 4 is 17.4 Å². The Morgan fingerprint density at radius 1 is 1.32 bits per heavy atom. The molecule has 19 heavy (non-hydrogen) atoms. The Kier molecular flexibility index (Phi) is 4.45. The number of aliphatic hydroxyl groups excluding tert-OH is 1. The monoisotopic (exact) mass is 279 g/mol. The highest BCUT2D eigenvalue weighted by molar-refractivity contribution is 6.30. The zero-order chi connectivity index (χ0) is 13.8. The van der Waals surface area contributed by atoms with Crippen molar-refractivity contribution in [3.8, 4) is 11.3 Å². The molecule has 5 heteroatoms. The molecule has 0 spiro atoms. The van der Waals surface area contributed by atoms with E-state index < -0.39 is 0 Å². The largest absolute Gasteiger partial charge is 0.394 e. The first-order chi connectivity index (χ1) is 9.10. The maximum atomic E-state index is 9.09. The molecule has 0 saturated carbocycles. The van der Waals surface area contributed by atoms with Crippen LogP contribution in [0.25, 0.3) is 11.3 Å². The Hall–Kier alpha value is -1.52. The molecule has 1 aromatic heterocycles. The number of nitrogens with zero attached hydrogens (tertiary/aromatic N) is 2. The third kappa shape index (κ3) is 3.49. The van der Waals surface area contributed by atoms with Gasteiger partial charge in [-0.3, -0.25) is 0 Å². The van der Waals surface area contributed by atoms with Crippen LogP contribution in [0.1, 0.15) is 13.8 Å². The first-order valence-electron chi connectivity index (χ1n) is 6.31. The number of nitrogens with one attached hydrogen (secondary N) is 1. The first kappa shape index (κ1) is 13.9. The smallest absolute Gasteiger partial charge is 0.125 e. The van der Waals surface area contributed by atoms with E-state index in [2.05, 4.69) is 24.3 Å². The van der Waals surface area contributed by atoms with E-state index in [1.165, 1.54) is 0 Å². The van der Waals surface area contributed by atoms with Crippen molar-refractivity contribution in [1.82, 2.24) is 9.78 Å². The molecule has 0 radical (unpaired) electrons. The van der Waals surface area contributed by atoms with E-state index >= 15 is 0 Å². The van der Waals surface area contributed by atoms with Crippen LogP contribution < -0.4 is 5.32 Å². The van der Waals surface area contributed by atoms with E-state index in [0.29, 0.717) is 17.6 Å². The summed E-state index contributed by atoms with van der Waals surface area (Å²) in [7, 11) is 0. The fraction of sp³-hybridized carbons (Fsp3) is 0.357. The molecule has 0 aliphatic heterocycles. The lowest BCUT2D eigenvalue weighted by molar-refractivity contribution is 0.270. The lowest BCUT2D eigenvalue weighted by Crippen LogP contribution is -2.15. The summed E-state index contributed by atoms with van der Waals surface area (Å²) >= 11 is 5.88. The van der Waals surface area contributed by atoms with E-state index in [9.17, 15) is 0 Å². The normalized spacial score (nSPS) is 11.0. The van der Waals surface area contributed by atoms with E-state index in [1.54, 1.807) is 4.68 Å². The molecule has 4 nitrogen and oxygen atoms in total. The number of anilines is 1. The summed E-state index contributed by atoms with van der Waals surface area (Å²) in [6, 6.07) is 9.86. The van der Waals surface area contributed by atoms with Crippen LogP contribution in [0.15, 0.2) is 30.3 Å². The molecule has 0 unspecified atom stereocenters. The highest BCUT2D eigenvalue weighted by Gasteiger charge is 2.10. The average Bonchev–Trinajstić information content (AvgIpc) is 2.73. The lowest BCUT2D eigenvalue weighted by Gasteiger charge is -2.10. The third-order valence-electron chi connectivity index (χ3n) is 2.67. The van der Waals surface area contributed by atoms with Crippen LogP contribution in [0.2, 0.25) is 5.02 Å². The summed E-state index contributed by atoms with van der Waals surface area (Å²) in [5.74, 6) is 0.911. The summed E-state index contributed by atoms with van der Waals surface area (Å²) in [6.07, 6.45) is 0. The predicted molar refractivity (Wildman–Crippen MR) is 78.5 cm³/mol. The topological polar surface area (TPSA) is 50.1 Å². The zero-order valence-electron chi connectivity index (χ0n) is 11.1. The third-order valence-corrected chi connectivity index (χ3v) is 2.92. The van der Waals surface area contributed by atoms with Gasteiger partial charge in [0.15, 0.2) is 0 Å². The van der Waals surface area contributed by atoms with E-state index in [0.717, 1.165) is 17.1 Å². The molecular formula is C14H18ClN3O. The maximum Gasteiger partial charge on any atom is 0.125 e. The summed E-state index contributed by atoms with van der Waals surface area (Å²) in [5, 5.41) is 17.6. The van der Waals surface area contributed by atoms with Gasteiger partial charge < -0.3 is 10.4 Å². The lowest BCUT2D eigenvalue weighted by atomic mass is 10.1. The van der Waals surface area contributed by atoms with Gasteiger partial charge in [-0.15, -0.1) is 0 Å². The molecule has 0 aliphatic carbocycles. The van der Waals surface area contributed by atoms with Crippen molar-refractivity contribution in [2.24, 2.45) is 0 Å². The van der Waals surface area contributed by atoms with E-state index in [4.69, 9.17) is 16.7 Å². The van der Waals surface area contributed by atoms with Crippen molar-refractivity contribution < 1.29 is 5.11 Å². The number of halogens is 1. The van der Waals surface area contributed by atoms with Gasteiger partial charge in [0.1, 0.15) is 5.82 Å². The molecule has 0 saturated heterocycles. The van der Waals surface area contributed by atoms with Crippen LogP contribution in [-0.4, -0.2) is 27.5 Å². The molecule has 1 aromatic carbocycles. The second-order valence-electron chi connectivity index (χ2n) is 4.67. The summed E-state index contributed by atoms with van der Waals surface area (Å²) in [5.41, 5.74) is 1.88. The number of aromatic nitrogens is 2. The minimum Gasteiger partial charge on any atom is -0.394 e. The van der Waals surface area contributed by atoms with Crippen LogP contribution in [0, 0.1) is 0 Å². The minimum absolute atomic E-state index is 0.0640. The van der Waals surface area contributed by atoms with Gasteiger partial charge >= 0.3 is 0 Å². The van der Waals surface area contributed by atoms with Crippen molar-refractivity contribution in [2.45, 2.75) is 26.4 Å². The molecule has 2 aromatic rings. The predicted octanol–water partition coefficient (Wildman–Crippen LogP) is 3.02.